The molecule has 0 aromatic rings. The number of hydrogen-bond acceptors (Lipinski definition) is 2. The standard InChI is InChI=1S/C10H18N2O/c1-8(13-6)7-12-9(11-5)10(2,3)4/h7H,5H2,1-4,6H3/b8-7+,12-9?. The maximum absolute atomic E-state index is 4.95. The Morgan fingerprint density at radius 3 is 2.23 bits per heavy atom. The molecule has 0 heterocycles. The lowest BCUT2D eigenvalue weighted by atomic mass is 9.95. The molecule has 0 spiro atoms. The van der Waals surface area contributed by atoms with E-state index in [0.29, 0.717) is 5.84 Å². The minimum atomic E-state index is -0.0771. The van der Waals surface area contributed by atoms with E-state index in [1.165, 1.54) is 0 Å². The van der Waals surface area contributed by atoms with Gasteiger partial charge in [0.15, 0.2) is 0 Å². The van der Waals surface area contributed by atoms with E-state index < -0.39 is 0 Å². The quantitative estimate of drug-likeness (QED) is 0.367. The molecule has 74 valence electrons. The summed E-state index contributed by atoms with van der Waals surface area (Å²) in [6, 6.07) is 0. The molecule has 0 bridgehead atoms. The third kappa shape index (κ3) is 4.45. The van der Waals surface area contributed by atoms with Crippen molar-refractivity contribution in [3.05, 3.63) is 12.0 Å². The van der Waals surface area contributed by atoms with Crippen molar-refractivity contribution in [3.63, 3.8) is 0 Å². The van der Waals surface area contributed by atoms with Crippen LogP contribution in [0.15, 0.2) is 21.9 Å². The Morgan fingerprint density at radius 2 is 1.92 bits per heavy atom. The summed E-state index contributed by atoms with van der Waals surface area (Å²) in [5, 5.41) is 0. The summed E-state index contributed by atoms with van der Waals surface area (Å²) in [6.45, 7) is 11.4. The Balaban J connectivity index is 4.69. The number of ether oxygens (including phenoxy) is 1. The predicted molar refractivity (Wildman–Crippen MR) is 57.2 cm³/mol. The molecule has 0 radical (unpaired) electrons. The molecule has 0 saturated heterocycles. The summed E-state index contributed by atoms with van der Waals surface area (Å²) in [5.41, 5.74) is -0.0771. The summed E-state index contributed by atoms with van der Waals surface area (Å²) >= 11 is 0. The Bertz CT molecular complexity index is 234. The molecule has 0 rings (SSSR count). The number of amidine groups is 1. The lowest BCUT2D eigenvalue weighted by Crippen LogP contribution is -2.17. The van der Waals surface area contributed by atoms with E-state index in [-0.39, 0.29) is 5.41 Å². The largest absolute Gasteiger partial charge is 0.500 e. The third-order valence-electron chi connectivity index (χ3n) is 1.51. The van der Waals surface area contributed by atoms with Crippen molar-refractivity contribution in [2.75, 3.05) is 7.11 Å². The van der Waals surface area contributed by atoms with Gasteiger partial charge in [0.05, 0.1) is 13.3 Å². The van der Waals surface area contributed by atoms with Crippen LogP contribution < -0.4 is 0 Å². The van der Waals surface area contributed by atoms with Gasteiger partial charge in [-0.15, -0.1) is 0 Å². The zero-order chi connectivity index (χ0) is 10.5. The van der Waals surface area contributed by atoms with E-state index in [1.54, 1.807) is 13.3 Å². The minimum absolute atomic E-state index is 0.0771. The Kier molecular flexibility index (Phi) is 4.38. The van der Waals surface area contributed by atoms with Crippen LogP contribution in [0, 0.1) is 5.41 Å². The molecular weight excluding hydrogens is 164 g/mol. The van der Waals surface area contributed by atoms with Crippen molar-refractivity contribution < 1.29 is 4.74 Å². The van der Waals surface area contributed by atoms with Gasteiger partial charge in [-0.25, -0.2) is 9.98 Å². The highest BCUT2D eigenvalue weighted by Crippen LogP contribution is 2.17. The van der Waals surface area contributed by atoms with E-state index in [0.717, 1.165) is 5.76 Å². The van der Waals surface area contributed by atoms with Crippen molar-refractivity contribution in [2.24, 2.45) is 15.4 Å². The smallest absolute Gasteiger partial charge is 0.132 e. The Morgan fingerprint density at radius 1 is 1.38 bits per heavy atom. The number of aliphatic imine (C=N–C) groups is 2. The van der Waals surface area contributed by atoms with Crippen molar-refractivity contribution in [3.8, 4) is 0 Å². The predicted octanol–water partition coefficient (Wildman–Crippen LogP) is 2.64. The van der Waals surface area contributed by atoms with Gasteiger partial charge in [0.2, 0.25) is 0 Å². The normalized spacial score (nSPS) is 14.2. The molecule has 0 aliphatic heterocycles. The van der Waals surface area contributed by atoms with Crippen LogP contribution in [0.1, 0.15) is 27.7 Å². The zero-order valence-electron chi connectivity index (χ0n) is 9.09. The van der Waals surface area contributed by atoms with Gasteiger partial charge in [-0.1, -0.05) is 20.8 Å². The second kappa shape index (κ2) is 4.80. The van der Waals surface area contributed by atoms with Crippen LogP contribution in [0.4, 0.5) is 0 Å². The highest BCUT2D eigenvalue weighted by Gasteiger charge is 2.16. The summed E-state index contributed by atoms with van der Waals surface area (Å²) in [6.07, 6.45) is 1.65. The van der Waals surface area contributed by atoms with Crippen LogP contribution in [0.25, 0.3) is 0 Å². The molecule has 0 N–H and O–H groups in total. The lowest BCUT2D eigenvalue weighted by molar-refractivity contribution is 0.292. The first kappa shape index (κ1) is 11.9. The Labute approximate surface area is 80.2 Å². The summed E-state index contributed by atoms with van der Waals surface area (Å²) in [5.74, 6) is 1.47. The number of allylic oxidation sites excluding steroid dienone is 1. The third-order valence-corrected chi connectivity index (χ3v) is 1.51. The monoisotopic (exact) mass is 182 g/mol. The van der Waals surface area contributed by atoms with E-state index >= 15 is 0 Å². The van der Waals surface area contributed by atoms with Gasteiger partial charge in [0.25, 0.3) is 0 Å². The fraction of sp³-hybridized carbons (Fsp3) is 0.600. The minimum Gasteiger partial charge on any atom is -0.500 e. The molecule has 0 saturated carbocycles. The topological polar surface area (TPSA) is 34.0 Å². The van der Waals surface area contributed by atoms with E-state index in [2.05, 4.69) is 16.7 Å². The molecule has 0 fully saturated rings. The van der Waals surface area contributed by atoms with Crippen LogP contribution in [0.2, 0.25) is 0 Å². The summed E-state index contributed by atoms with van der Waals surface area (Å²) < 4.78 is 4.95. The fourth-order valence-corrected chi connectivity index (χ4v) is 0.676. The van der Waals surface area contributed by atoms with Crippen molar-refractivity contribution >= 4 is 12.6 Å². The number of nitrogens with zero attached hydrogens (tertiary/aromatic N) is 2. The highest BCUT2D eigenvalue weighted by atomic mass is 16.5. The molecule has 0 aliphatic rings. The lowest BCUT2D eigenvalue weighted by Gasteiger charge is -2.16. The number of rotatable bonds is 2. The van der Waals surface area contributed by atoms with E-state index in [4.69, 9.17) is 4.74 Å². The number of methoxy groups -OCH3 is 1. The first-order valence-electron chi connectivity index (χ1n) is 4.17. The van der Waals surface area contributed by atoms with Gasteiger partial charge in [0.1, 0.15) is 11.6 Å². The van der Waals surface area contributed by atoms with Crippen molar-refractivity contribution in [1.82, 2.24) is 0 Å². The van der Waals surface area contributed by atoms with Gasteiger partial charge in [-0.2, -0.15) is 0 Å². The van der Waals surface area contributed by atoms with Crippen LogP contribution in [-0.2, 0) is 4.74 Å². The van der Waals surface area contributed by atoms with Gasteiger partial charge >= 0.3 is 0 Å². The van der Waals surface area contributed by atoms with E-state index in [1.807, 2.05) is 27.7 Å². The molecular formula is C10H18N2O. The summed E-state index contributed by atoms with van der Waals surface area (Å²) in [4.78, 5) is 8.05. The highest BCUT2D eigenvalue weighted by molar-refractivity contribution is 5.91. The molecule has 0 amide bonds. The van der Waals surface area contributed by atoms with Crippen LogP contribution in [0.3, 0.4) is 0 Å². The average Bonchev–Trinajstić information content (AvgIpc) is 2.02. The van der Waals surface area contributed by atoms with Gasteiger partial charge < -0.3 is 4.74 Å². The maximum atomic E-state index is 4.95. The second-order valence-electron chi connectivity index (χ2n) is 3.80. The molecule has 3 nitrogen and oxygen atoms in total. The summed E-state index contributed by atoms with van der Waals surface area (Å²) in [7, 11) is 1.61. The Hall–Kier alpha value is -1.12. The van der Waals surface area contributed by atoms with Gasteiger partial charge in [-0.3, -0.25) is 0 Å². The first-order valence-corrected chi connectivity index (χ1v) is 4.17. The van der Waals surface area contributed by atoms with Gasteiger partial charge in [-0.05, 0) is 13.6 Å². The van der Waals surface area contributed by atoms with Crippen LogP contribution in [0.5, 0.6) is 0 Å². The van der Waals surface area contributed by atoms with Crippen LogP contribution >= 0.6 is 0 Å². The second-order valence-corrected chi connectivity index (χ2v) is 3.80. The maximum Gasteiger partial charge on any atom is 0.132 e. The average molecular weight is 182 g/mol. The van der Waals surface area contributed by atoms with Gasteiger partial charge in [0, 0.05) is 5.41 Å². The van der Waals surface area contributed by atoms with Crippen molar-refractivity contribution in [1.29, 1.82) is 0 Å². The molecule has 0 aliphatic carbocycles. The molecule has 0 atom stereocenters. The molecule has 0 aromatic heterocycles. The van der Waals surface area contributed by atoms with Crippen LogP contribution in [-0.4, -0.2) is 19.7 Å². The molecule has 0 aromatic carbocycles. The zero-order valence-corrected chi connectivity index (χ0v) is 9.09. The molecule has 0 unspecified atom stereocenters. The number of hydrogen-bond donors (Lipinski definition) is 0. The molecule has 3 heteroatoms. The van der Waals surface area contributed by atoms with E-state index in [9.17, 15) is 0 Å². The first-order chi connectivity index (χ1) is 5.91. The fourth-order valence-electron chi connectivity index (χ4n) is 0.676. The molecule has 13 heavy (non-hydrogen) atoms. The SMILES string of the molecule is C=NC(=N/C=C(\C)OC)C(C)(C)C. The van der Waals surface area contributed by atoms with Crippen molar-refractivity contribution in [2.45, 2.75) is 27.7 Å².